The highest BCUT2D eigenvalue weighted by atomic mass is 32.2. The van der Waals surface area contributed by atoms with E-state index < -0.39 is 0 Å². The van der Waals surface area contributed by atoms with Crippen molar-refractivity contribution < 1.29 is 4.79 Å². The van der Waals surface area contributed by atoms with Crippen LogP contribution in [0.5, 0.6) is 0 Å². The quantitative estimate of drug-likeness (QED) is 0.788. The summed E-state index contributed by atoms with van der Waals surface area (Å²) in [6, 6.07) is 10.4. The summed E-state index contributed by atoms with van der Waals surface area (Å²) >= 11 is 2.93. The molecule has 0 saturated heterocycles. The summed E-state index contributed by atoms with van der Waals surface area (Å²) in [6.45, 7) is 4.61. The molecule has 22 heavy (non-hydrogen) atoms. The van der Waals surface area contributed by atoms with Crippen molar-refractivity contribution >= 4 is 34.7 Å². The second-order valence-electron chi connectivity index (χ2n) is 4.98. The van der Waals surface area contributed by atoms with Crippen LogP contribution in [0.25, 0.3) is 0 Å². The minimum Gasteiger partial charge on any atom is -0.370 e. The summed E-state index contributed by atoms with van der Waals surface area (Å²) in [5, 5.41) is 11.8. The van der Waals surface area contributed by atoms with Gasteiger partial charge in [-0.1, -0.05) is 41.3 Å². The van der Waals surface area contributed by atoms with E-state index in [1.165, 1.54) is 23.1 Å². The standard InChI is InChI=1S/C15H20N4OS2/c1-11(19(3)13-7-5-4-6-8-13)9-16-14(20)10-21-15-18-17-12(2)22-15/h4-8,11H,9-10H2,1-3H3,(H,16,20). The Balaban J connectivity index is 1.73. The molecule has 0 spiro atoms. The maximum Gasteiger partial charge on any atom is 0.230 e. The number of hydrogen-bond donors (Lipinski definition) is 1. The molecule has 1 N–H and O–H groups in total. The number of likely N-dealkylation sites (N-methyl/N-ethyl adjacent to an activating group) is 1. The van der Waals surface area contributed by atoms with Gasteiger partial charge in [0.2, 0.25) is 5.91 Å². The number of aryl methyl sites for hydroxylation is 1. The zero-order chi connectivity index (χ0) is 15.9. The highest BCUT2D eigenvalue weighted by Crippen LogP contribution is 2.21. The number of para-hydroxylation sites is 1. The van der Waals surface area contributed by atoms with Gasteiger partial charge in [0.15, 0.2) is 4.34 Å². The number of benzene rings is 1. The Labute approximate surface area is 139 Å². The van der Waals surface area contributed by atoms with Crippen molar-refractivity contribution in [2.24, 2.45) is 0 Å². The van der Waals surface area contributed by atoms with Gasteiger partial charge in [0.25, 0.3) is 0 Å². The number of anilines is 1. The van der Waals surface area contributed by atoms with E-state index in [0.717, 1.165) is 15.0 Å². The lowest BCUT2D eigenvalue weighted by Gasteiger charge is -2.27. The van der Waals surface area contributed by atoms with Gasteiger partial charge < -0.3 is 10.2 Å². The number of amides is 1. The van der Waals surface area contributed by atoms with Gasteiger partial charge in [0, 0.05) is 25.3 Å². The molecule has 2 rings (SSSR count). The monoisotopic (exact) mass is 336 g/mol. The highest BCUT2D eigenvalue weighted by molar-refractivity contribution is 8.01. The molecule has 1 aromatic carbocycles. The largest absolute Gasteiger partial charge is 0.370 e. The molecule has 0 radical (unpaired) electrons. The highest BCUT2D eigenvalue weighted by Gasteiger charge is 2.12. The second kappa shape index (κ2) is 8.14. The molecule has 1 atom stereocenters. The first-order valence-electron chi connectivity index (χ1n) is 7.03. The van der Waals surface area contributed by atoms with Gasteiger partial charge in [-0.2, -0.15) is 0 Å². The fourth-order valence-electron chi connectivity index (χ4n) is 1.83. The molecule has 5 nitrogen and oxygen atoms in total. The van der Waals surface area contributed by atoms with Gasteiger partial charge in [-0.25, -0.2) is 0 Å². The van der Waals surface area contributed by atoms with Crippen LogP contribution in [-0.2, 0) is 4.79 Å². The predicted molar refractivity (Wildman–Crippen MR) is 92.7 cm³/mol. The van der Waals surface area contributed by atoms with Crippen LogP contribution in [0.1, 0.15) is 11.9 Å². The van der Waals surface area contributed by atoms with Gasteiger partial charge in [-0.15, -0.1) is 10.2 Å². The average Bonchev–Trinajstić information content (AvgIpc) is 2.96. The van der Waals surface area contributed by atoms with E-state index in [1.807, 2.05) is 32.2 Å². The number of thioether (sulfide) groups is 1. The van der Waals surface area contributed by atoms with Crippen LogP contribution in [0.15, 0.2) is 34.7 Å². The van der Waals surface area contributed by atoms with E-state index in [-0.39, 0.29) is 11.9 Å². The molecule has 2 aromatic rings. The number of rotatable bonds is 7. The first-order valence-corrected chi connectivity index (χ1v) is 8.84. The predicted octanol–water partition coefficient (Wildman–Crippen LogP) is 2.58. The third-order valence-corrected chi connectivity index (χ3v) is 5.23. The van der Waals surface area contributed by atoms with Crippen LogP contribution in [-0.4, -0.2) is 41.5 Å². The third kappa shape index (κ3) is 4.99. The summed E-state index contributed by atoms with van der Waals surface area (Å²) in [7, 11) is 2.03. The van der Waals surface area contributed by atoms with Gasteiger partial charge >= 0.3 is 0 Å². The van der Waals surface area contributed by atoms with Gasteiger partial charge in [0.1, 0.15) is 5.01 Å². The minimum absolute atomic E-state index is 0.0196. The van der Waals surface area contributed by atoms with Gasteiger partial charge in [0.05, 0.1) is 5.75 Å². The van der Waals surface area contributed by atoms with Gasteiger partial charge in [-0.3, -0.25) is 4.79 Å². The van der Waals surface area contributed by atoms with E-state index in [2.05, 4.69) is 39.5 Å². The Morgan fingerprint density at radius 1 is 1.36 bits per heavy atom. The molecule has 7 heteroatoms. The molecule has 1 aromatic heterocycles. The number of carbonyl (C=O) groups excluding carboxylic acids is 1. The zero-order valence-corrected chi connectivity index (χ0v) is 14.6. The van der Waals surface area contributed by atoms with Crippen molar-refractivity contribution in [3.05, 3.63) is 35.3 Å². The SMILES string of the molecule is Cc1nnc(SCC(=O)NCC(C)N(C)c2ccccc2)s1. The van der Waals surface area contributed by atoms with E-state index in [0.29, 0.717) is 12.3 Å². The summed E-state index contributed by atoms with van der Waals surface area (Å²) < 4.78 is 0.835. The van der Waals surface area contributed by atoms with E-state index >= 15 is 0 Å². The van der Waals surface area contributed by atoms with E-state index in [1.54, 1.807) is 0 Å². The molecule has 0 fully saturated rings. The topological polar surface area (TPSA) is 58.1 Å². The normalized spacial score (nSPS) is 12.0. The molecular weight excluding hydrogens is 316 g/mol. The Kier molecular flexibility index (Phi) is 6.21. The van der Waals surface area contributed by atoms with Crippen LogP contribution in [0.3, 0.4) is 0 Å². The first kappa shape index (κ1) is 16.8. The number of carbonyl (C=O) groups is 1. The van der Waals surface area contributed by atoms with Crippen molar-refractivity contribution in [2.75, 3.05) is 24.2 Å². The van der Waals surface area contributed by atoms with E-state index in [4.69, 9.17) is 0 Å². The zero-order valence-electron chi connectivity index (χ0n) is 12.9. The number of nitrogens with one attached hydrogen (secondary N) is 1. The Morgan fingerprint density at radius 3 is 2.73 bits per heavy atom. The molecule has 1 heterocycles. The van der Waals surface area contributed by atoms with E-state index in [9.17, 15) is 4.79 Å². The molecule has 1 unspecified atom stereocenters. The summed E-state index contributed by atoms with van der Waals surface area (Å²) in [5.41, 5.74) is 1.14. The molecule has 1 amide bonds. The van der Waals surface area contributed by atoms with Crippen molar-refractivity contribution in [1.29, 1.82) is 0 Å². The van der Waals surface area contributed by atoms with Crippen LogP contribution in [0.4, 0.5) is 5.69 Å². The van der Waals surface area contributed by atoms with Crippen molar-refractivity contribution in [1.82, 2.24) is 15.5 Å². The molecule has 0 saturated carbocycles. The van der Waals surface area contributed by atoms with Crippen LogP contribution in [0.2, 0.25) is 0 Å². The lowest BCUT2D eigenvalue weighted by atomic mass is 10.2. The maximum atomic E-state index is 11.9. The summed E-state index contributed by atoms with van der Waals surface area (Å²) in [6.07, 6.45) is 0. The molecule has 0 aliphatic heterocycles. The summed E-state index contributed by atoms with van der Waals surface area (Å²) in [4.78, 5) is 14.0. The van der Waals surface area contributed by atoms with Crippen molar-refractivity contribution in [3.63, 3.8) is 0 Å². The number of aromatic nitrogens is 2. The smallest absolute Gasteiger partial charge is 0.230 e. The third-order valence-electron chi connectivity index (χ3n) is 3.25. The maximum absolute atomic E-state index is 11.9. The molecule has 118 valence electrons. The Morgan fingerprint density at radius 2 is 2.09 bits per heavy atom. The number of hydrogen-bond acceptors (Lipinski definition) is 6. The first-order chi connectivity index (χ1) is 10.6. The Bertz CT molecular complexity index is 603. The molecule has 0 aliphatic carbocycles. The minimum atomic E-state index is 0.0196. The lowest BCUT2D eigenvalue weighted by molar-refractivity contribution is -0.118. The van der Waals surface area contributed by atoms with Crippen molar-refractivity contribution in [3.8, 4) is 0 Å². The average molecular weight is 336 g/mol. The van der Waals surface area contributed by atoms with Crippen LogP contribution >= 0.6 is 23.1 Å². The van der Waals surface area contributed by atoms with Crippen molar-refractivity contribution in [2.45, 2.75) is 24.2 Å². The molecular formula is C15H20N4OS2. The second-order valence-corrected chi connectivity index (χ2v) is 7.38. The number of nitrogens with zero attached hydrogens (tertiary/aromatic N) is 3. The fraction of sp³-hybridized carbons (Fsp3) is 0.400. The molecule has 0 aliphatic rings. The summed E-state index contributed by atoms with van der Waals surface area (Å²) in [5.74, 6) is 0.391. The fourth-order valence-corrected chi connectivity index (χ4v) is 3.48. The van der Waals surface area contributed by atoms with Crippen LogP contribution in [0, 0.1) is 6.92 Å². The van der Waals surface area contributed by atoms with Gasteiger partial charge in [-0.05, 0) is 26.0 Å². The lowest BCUT2D eigenvalue weighted by Crippen LogP contribution is -2.40. The Hall–Kier alpha value is -1.60. The van der Waals surface area contributed by atoms with Crippen LogP contribution < -0.4 is 10.2 Å². The molecule has 0 bridgehead atoms.